The zero-order valence-electron chi connectivity index (χ0n) is 14.6. The zero-order valence-corrected chi connectivity index (χ0v) is 14.6. The molecule has 2 rings (SSSR count). The van der Waals surface area contributed by atoms with Crippen molar-refractivity contribution in [3.8, 4) is 5.75 Å². The van der Waals surface area contributed by atoms with E-state index in [1.807, 2.05) is 38.1 Å². The lowest BCUT2D eigenvalue weighted by Gasteiger charge is -2.18. The monoisotopic (exact) mass is 311 g/mol. The van der Waals surface area contributed by atoms with Crippen LogP contribution in [0.25, 0.3) is 0 Å². The van der Waals surface area contributed by atoms with Gasteiger partial charge in [0.25, 0.3) is 5.91 Å². The molecule has 0 aliphatic carbocycles. The summed E-state index contributed by atoms with van der Waals surface area (Å²) >= 11 is 0. The minimum Gasteiger partial charge on any atom is -0.484 e. The second-order valence-corrected chi connectivity index (χ2v) is 6.19. The van der Waals surface area contributed by atoms with Crippen molar-refractivity contribution in [2.75, 3.05) is 6.61 Å². The molecule has 2 aromatic rings. The lowest BCUT2D eigenvalue weighted by molar-refractivity contribution is -0.123. The molecule has 0 fully saturated rings. The average molecular weight is 311 g/mol. The van der Waals surface area contributed by atoms with Crippen LogP contribution in [0.4, 0.5) is 0 Å². The number of aryl methyl sites for hydroxylation is 4. The summed E-state index contributed by atoms with van der Waals surface area (Å²) in [7, 11) is 0. The number of ether oxygens (including phenoxy) is 1. The summed E-state index contributed by atoms with van der Waals surface area (Å²) in [5.41, 5.74) is 5.97. The molecule has 1 N–H and O–H groups in total. The fourth-order valence-corrected chi connectivity index (χ4v) is 2.66. The number of hydrogen-bond acceptors (Lipinski definition) is 2. The van der Waals surface area contributed by atoms with Gasteiger partial charge in [-0.05, 0) is 74.6 Å². The van der Waals surface area contributed by atoms with Gasteiger partial charge in [-0.2, -0.15) is 0 Å². The van der Waals surface area contributed by atoms with Crippen LogP contribution in [-0.4, -0.2) is 12.5 Å². The molecule has 0 aromatic heterocycles. The second-order valence-electron chi connectivity index (χ2n) is 6.19. The summed E-state index contributed by atoms with van der Waals surface area (Å²) in [5.74, 6) is 0.604. The summed E-state index contributed by atoms with van der Waals surface area (Å²) < 4.78 is 5.55. The highest BCUT2D eigenvalue weighted by atomic mass is 16.5. The smallest absolute Gasteiger partial charge is 0.258 e. The normalized spacial score (nSPS) is 11.9. The predicted molar refractivity (Wildman–Crippen MR) is 93.9 cm³/mol. The number of carbonyl (C=O) groups excluding carboxylic acids is 1. The molecule has 1 atom stereocenters. The fraction of sp³-hybridized carbons (Fsp3) is 0.350. The molecular formula is C20H25NO2. The first-order chi connectivity index (χ1) is 10.9. The Morgan fingerprint density at radius 3 is 2.43 bits per heavy atom. The van der Waals surface area contributed by atoms with Gasteiger partial charge in [-0.25, -0.2) is 0 Å². The highest BCUT2D eigenvalue weighted by molar-refractivity contribution is 5.78. The van der Waals surface area contributed by atoms with Gasteiger partial charge in [0.05, 0.1) is 6.04 Å². The van der Waals surface area contributed by atoms with Gasteiger partial charge in [-0.3, -0.25) is 4.79 Å². The first-order valence-electron chi connectivity index (χ1n) is 7.93. The highest BCUT2D eigenvalue weighted by Crippen LogP contribution is 2.21. The lowest BCUT2D eigenvalue weighted by Crippen LogP contribution is -2.31. The third-order valence-electron chi connectivity index (χ3n) is 4.09. The third-order valence-corrected chi connectivity index (χ3v) is 4.09. The fourth-order valence-electron chi connectivity index (χ4n) is 2.66. The summed E-state index contributed by atoms with van der Waals surface area (Å²) in [5, 5.41) is 3.00. The molecule has 0 radical (unpaired) electrons. The molecule has 3 nitrogen and oxygen atoms in total. The minimum atomic E-state index is -0.114. The summed E-state index contributed by atoms with van der Waals surface area (Å²) in [4.78, 5) is 12.1. The van der Waals surface area contributed by atoms with Crippen LogP contribution in [0.2, 0.25) is 0 Å². The Bertz CT molecular complexity index is 707. The van der Waals surface area contributed by atoms with Gasteiger partial charge < -0.3 is 10.1 Å². The van der Waals surface area contributed by atoms with Gasteiger partial charge in [0.15, 0.2) is 6.61 Å². The number of carbonyl (C=O) groups is 1. The van der Waals surface area contributed by atoms with Gasteiger partial charge in [0.1, 0.15) is 5.75 Å². The Labute approximate surface area is 138 Å². The molecule has 1 amide bonds. The third kappa shape index (κ3) is 4.59. The van der Waals surface area contributed by atoms with Crippen LogP contribution < -0.4 is 10.1 Å². The topological polar surface area (TPSA) is 38.3 Å². The number of amides is 1. The number of hydrogen-bond donors (Lipinski definition) is 1. The molecule has 2 aromatic carbocycles. The quantitative estimate of drug-likeness (QED) is 0.899. The highest BCUT2D eigenvalue weighted by Gasteiger charge is 2.13. The molecule has 0 saturated heterocycles. The van der Waals surface area contributed by atoms with Crippen molar-refractivity contribution >= 4 is 5.91 Å². The van der Waals surface area contributed by atoms with E-state index in [2.05, 4.69) is 38.2 Å². The maximum Gasteiger partial charge on any atom is 0.258 e. The first kappa shape index (κ1) is 17.1. The standard InChI is InChI=1S/C20H25NO2/c1-13-7-6-8-18(9-13)23-12-20(22)21-17(5)19-11-15(3)14(2)10-16(19)4/h6-11,17H,12H2,1-5H3,(H,21,22)/t17-/m0/s1. The SMILES string of the molecule is Cc1cccc(OCC(=O)N[C@@H](C)c2cc(C)c(C)cc2C)c1. The van der Waals surface area contributed by atoms with E-state index in [0.29, 0.717) is 0 Å². The molecule has 0 heterocycles. The Morgan fingerprint density at radius 1 is 1.04 bits per heavy atom. The molecule has 122 valence electrons. The summed E-state index contributed by atoms with van der Waals surface area (Å²) in [6.07, 6.45) is 0. The van der Waals surface area contributed by atoms with E-state index < -0.39 is 0 Å². The van der Waals surface area contributed by atoms with E-state index in [-0.39, 0.29) is 18.6 Å². The molecule has 23 heavy (non-hydrogen) atoms. The van der Waals surface area contributed by atoms with Crippen molar-refractivity contribution in [2.45, 2.75) is 40.7 Å². The van der Waals surface area contributed by atoms with Gasteiger partial charge in [0, 0.05) is 0 Å². The molecule has 0 spiro atoms. The predicted octanol–water partition coefficient (Wildman–Crippen LogP) is 4.18. The average Bonchev–Trinajstić information content (AvgIpc) is 2.49. The van der Waals surface area contributed by atoms with Gasteiger partial charge in [-0.15, -0.1) is 0 Å². The minimum absolute atomic E-state index is 0.0255. The van der Waals surface area contributed by atoms with E-state index in [1.54, 1.807) is 0 Å². The van der Waals surface area contributed by atoms with Crippen molar-refractivity contribution in [3.05, 3.63) is 64.2 Å². The van der Waals surface area contributed by atoms with E-state index in [9.17, 15) is 4.79 Å². The van der Waals surface area contributed by atoms with E-state index in [4.69, 9.17) is 4.74 Å². The van der Waals surface area contributed by atoms with Crippen LogP contribution >= 0.6 is 0 Å². The molecule has 0 saturated carbocycles. The number of benzene rings is 2. The van der Waals surface area contributed by atoms with Crippen LogP contribution in [-0.2, 0) is 4.79 Å². The Hall–Kier alpha value is -2.29. The van der Waals surface area contributed by atoms with Crippen molar-refractivity contribution in [2.24, 2.45) is 0 Å². The maximum atomic E-state index is 12.1. The van der Waals surface area contributed by atoms with Gasteiger partial charge in [-0.1, -0.05) is 24.3 Å². The first-order valence-corrected chi connectivity index (χ1v) is 7.93. The second kappa shape index (κ2) is 7.32. The van der Waals surface area contributed by atoms with Crippen LogP contribution in [0.1, 0.15) is 40.8 Å². The summed E-state index contributed by atoms with van der Waals surface area (Å²) in [6, 6.07) is 12.0. The van der Waals surface area contributed by atoms with Crippen molar-refractivity contribution < 1.29 is 9.53 Å². The van der Waals surface area contributed by atoms with Crippen LogP contribution in [0, 0.1) is 27.7 Å². The van der Waals surface area contributed by atoms with Crippen molar-refractivity contribution in [1.82, 2.24) is 5.32 Å². The molecule has 0 aliphatic heterocycles. The van der Waals surface area contributed by atoms with Gasteiger partial charge in [0.2, 0.25) is 0 Å². The maximum absolute atomic E-state index is 12.1. The molecule has 0 unspecified atom stereocenters. The van der Waals surface area contributed by atoms with Gasteiger partial charge >= 0.3 is 0 Å². The number of nitrogens with one attached hydrogen (secondary N) is 1. The lowest BCUT2D eigenvalue weighted by atomic mass is 9.96. The molecule has 0 aliphatic rings. The number of rotatable bonds is 5. The van der Waals surface area contributed by atoms with Crippen molar-refractivity contribution in [3.63, 3.8) is 0 Å². The van der Waals surface area contributed by atoms with E-state index in [1.165, 1.54) is 16.7 Å². The molecule has 0 bridgehead atoms. The van der Waals surface area contributed by atoms with Crippen LogP contribution in [0.15, 0.2) is 36.4 Å². The zero-order chi connectivity index (χ0) is 17.0. The van der Waals surface area contributed by atoms with Crippen LogP contribution in [0.5, 0.6) is 5.75 Å². The molecule has 3 heteroatoms. The summed E-state index contributed by atoms with van der Waals surface area (Å²) in [6.45, 7) is 10.3. The van der Waals surface area contributed by atoms with E-state index in [0.717, 1.165) is 16.9 Å². The van der Waals surface area contributed by atoms with E-state index >= 15 is 0 Å². The Morgan fingerprint density at radius 2 is 1.74 bits per heavy atom. The largest absolute Gasteiger partial charge is 0.484 e. The van der Waals surface area contributed by atoms with Crippen molar-refractivity contribution in [1.29, 1.82) is 0 Å². The Kier molecular flexibility index (Phi) is 5.43. The van der Waals surface area contributed by atoms with Crippen LogP contribution in [0.3, 0.4) is 0 Å². The molecular weight excluding hydrogens is 286 g/mol. The Balaban J connectivity index is 1.96.